The number of rotatable bonds is 10. The van der Waals surface area contributed by atoms with Crippen LogP contribution in [-0.2, 0) is 35.3 Å². The average molecular weight is 669 g/mol. The number of piperidine rings is 1. The van der Waals surface area contributed by atoms with Crippen molar-refractivity contribution < 1.29 is 50.5 Å². The molecular formula is C28H31F3N6O8S. The molecule has 0 aliphatic carbocycles. The molecule has 18 heteroatoms. The molecule has 46 heavy (non-hydrogen) atoms. The molecule has 1 aliphatic rings. The van der Waals surface area contributed by atoms with Crippen LogP contribution in [0.15, 0.2) is 64.8 Å². The number of halogens is 3. The first-order chi connectivity index (χ1) is 21.7. The van der Waals surface area contributed by atoms with Crippen LogP contribution in [0.4, 0.5) is 18.0 Å². The lowest BCUT2D eigenvalue weighted by molar-refractivity contribution is -0.715. The fraction of sp³-hybridized carbons (Fsp3) is 0.393. The Bertz CT molecular complexity index is 1680. The maximum absolute atomic E-state index is 13.5. The van der Waals surface area contributed by atoms with Crippen molar-refractivity contribution in [2.45, 2.75) is 51.0 Å². The lowest BCUT2D eigenvalue weighted by Gasteiger charge is -2.28. The van der Waals surface area contributed by atoms with E-state index in [-0.39, 0.29) is 47.4 Å². The molecule has 1 fully saturated rings. The highest BCUT2D eigenvalue weighted by atomic mass is 32.2. The van der Waals surface area contributed by atoms with Crippen molar-refractivity contribution in [3.05, 3.63) is 71.1 Å². The lowest BCUT2D eigenvalue weighted by Crippen LogP contribution is -2.46. The van der Waals surface area contributed by atoms with E-state index >= 15 is 0 Å². The number of hydrazine groups is 1. The Labute approximate surface area is 261 Å². The van der Waals surface area contributed by atoms with Crippen LogP contribution in [0.25, 0.3) is 16.9 Å². The first kappa shape index (κ1) is 34.0. The van der Waals surface area contributed by atoms with E-state index in [1.54, 1.807) is 31.2 Å². The van der Waals surface area contributed by atoms with Gasteiger partial charge in [-0.3, -0.25) is 9.63 Å². The summed E-state index contributed by atoms with van der Waals surface area (Å²) >= 11 is 0. The van der Waals surface area contributed by atoms with Gasteiger partial charge in [-0.05, 0) is 57.0 Å². The van der Waals surface area contributed by atoms with E-state index in [1.165, 1.54) is 19.1 Å². The number of amides is 1. The third-order valence-corrected chi connectivity index (χ3v) is 8.14. The predicted molar refractivity (Wildman–Crippen MR) is 153 cm³/mol. The molecule has 1 aromatic heterocycles. The van der Waals surface area contributed by atoms with Crippen LogP contribution < -0.4 is 4.72 Å². The van der Waals surface area contributed by atoms with Gasteiger partial charge in [0.1, 0.15) is 0 Å². The van der Waals surface area contributed by atoms with Crippen LogP contribution in [0.5, 0.6) is 0 Å². The molecule has 2 heterocycles. The summed E-state index contributed by atoms with van der Waals surface area (Å²) in [6.45, 7) is 4.78. The number of nitrogens with one attached hydrogen (secondary N) is 1. The molecule has 0 spiro atoms. The van der Waals surface area contributed by atoms with Crippen molar-refractivity contribution in [1.29, 1.82) is 0 Å². The van der Waals surface area contributed by atoms with Crippen LogP contribution in [0, 0.1) is 18.0 Å². The number of alkyl halides is 3. The molecular weight excluding hydrogens is 637 g/mol. The highest BCUT2D eigenvalue weighted by Crippen LogP contribution is 2.33. The Balaban J connectivity index is 1.44. The molecule has 3 aromatic rings. The third-order valence-electron chi connectivity index (χ3n) is 6.78. The second kappa shape index (κ2) is 14.1. The largest absolute Gasteiger partial charge is 0.569 e. The molecule has 0 saturated carbocycles. The van der Waals surface area contributed by atoms with Gasteiger partial charge in [0.15, 0.2) is 5.69 Å². The maximum atomic E-state index is 13.5. The summed E-state index contributed by atoms with van der Waals surface area (Å²) in [7, 11) is -4.40. The van der Waals surface area contributed by atoms with Gasteiger partial charge in [-0.1, -0.05) is 29.8 Å². The Morgan fingerprint density at radius 2 is 1.85 bits per heavy atom. The first-order valence-corrected chi connectivity index (χ1v) is 15.5. The van der Waals surface area contributed by atoms with Crippen LogP contribution in [0.1, 0.15) is 37.9 Å². The van der Waals surface area contributed by atoms with E-state index in [4.69, 9.17) is 9.57 Å². The molecule has 1 N–H and O–H groups in total. The smallest absolute Gasteiger partial charge is 0.511 e. The van der Waals surface area contributed by atoms with Gasteiger partial charge in [-0.2, -0.15) is 18.3 Å². The summed E-state index contributed by atoms with van der Waals surface area (Å²) in [6.07, 6.45) is -6.35. The SMILES string of the molecule is CCOC(=O)OC(C)O/N=[N+](/[O-])N1CCCC(C(=O)NS(=O)(=O)c2ccc(-n3nc(C(F)(F)F)cc3-c3ccc(C)cc3)cc2)C1. The normalized spacial score (nSPS) is 16.4. The number of nitrogens with zero attached hydrogens (tertiary/aromatic N) is 5. The molecule has 248 valence electrons. The number of aromatic nitrogens is 2. The number of carbonyl (C=O) groups excluding carboxylic acids is 2. The van der Waals surface area contributed by atoms with Gasteiger partial charge in [-0.15, -0.1) is 5.01 Å². The van der Waals surface area contributed by atoms with Crippen molar-refractivity contribution >= 4 is 22.1 Å². The summed E-state index contributed by atoms with van der Waals surface area (Å²) in [5.41, 5.74) is 0.551. The summed E-state index contributed by atoms with van der Waals surface area (Å²) in [5, 5.41) is 20.5. The number of carbonyl (C=O) groups is 2. The maximum Gasteiger partial charge on any atom is 0.511 e. The topological polar surface area (TPSA) is 167 Å². The molecule has 4 rings (SSSR count). The summed E-state index contributed by atoms with van der Waals surface area (Å²) in [6, 6.07) is 12.5. The Hall–Kier alpha value is -4.87. The monoisotopic (exact) mass is 668 g/mol. The van der Waals surface area contributed by atoms with Gasteiger partial charge in [-0.25, -0.2) is 22.6 Å². The number of hydrogen-bond donors (Lipinski definition) is 1. The zero-order valence-corrected chi connectivity index (χ0v) is 25.7. The quantitative estimate of drug-likeness (QED) is 0.105. The zero-order chi connectivity index (χ0) is 33.6. The van der Waals surface area contributed by atoms with Gasteiger partial charge in [0.05, 0.1) is 46.9 Å². The minimum Gasteiger partial charge on any atom is -0.569 e. The van der Waals surface area contributed by atoms with Crippen LogP contribution in [0.3, 0.4) is 0 Å². The number of ether oxygens (including phenoxy) is 2. The molecule has 1 saturated heterocycles. The van der Waals surface area contributed by atoms with E-state index in [9.17, 15) is 36.4 Å². The third kappa shape index (κ3) is 8.43. The first-order valence-electron chi connectivity index (χ1n) is 14.0. The second-order valence-electron chi connectivity index (χ2n) is 10.2. The van der Waals surface area contributed by atoms with Gasteiger partial charge >= 0.3 is 12.3 Å². The fourth-order valence-corrected chi connectivity index (χ4v) is 5.53. The van der Waals surface area contributed by atoms with Crippen molar-refractivity contribution in [2.24, 2.45) is 11.2 Å². The molecule has 14 nitrogen and oxygen atoms in total. The second-order valence-corrected chi connectivity index (χ2v) is 11.9. The molecule has 1 amide bonds. The predicted octanol–water partition coefficient (Wildman–Crippen LogP) is 4.71. The Morgan fingerprint density at radius 3 is 2.48 bits per heavy atom. The van der Waals surface area contributed by atoms with Crippen molar-refractivity contribution in [3.63, 3.8) is 0 Å². The molecule has 2 atom stereocenters. The van der Waals surface area contributed by atoms with E-state index < -0.39 is 46.2 Å². The standard InChI is InChI=1S/C28H31F3N6O8S/c1-4-43-27(39)44-19(3)45-34-37(40)35-15-5-6-21(17-35)26(38)33-46(41,42)23-13-11-22(12-14-23)36-24(16-25(32-36)28(29,30)31)20-9-7-18(2)8-10-20/h7-14,16,19,21H,4-6,15,17H2,1-3H3,(H,33,38)/b37-34+. The summed E-state index contributed by atoms with van der Waals surface area (Å²) in [4.78, 5) is 28.8. The average Bonchev–Trinajstić information content (AvgIpc) is 3.47. The van der Waals surface area contributed by atoms with Gasteiger partial charge in [0.2, 0.25) is 11.2 Å². The molecule has 0 radical (unpaired) electrons. The van der Waals surface area contributed by atoms with Gasteiger partial charge in [0.25, 0.3) is 16.3 Å². The van der Waals surface area contributed by atoms with E-state index in [2.05, 4.69) is 15.1 Å². The highest BCUT2D eigenvalue weighted by Gasteiger charge is 2.36. The fourth-order valence-electron chi connectivity index (χ4n) is 4.48. The van der Waals surface area contributed by atoms with E-state index in [0.717, 1.165) is 33.5 Å². The molecule has 1 aliphatic heterocycles. The van der Waals surface area contributed by atoms with Crippen molar-refractivity contribution in [1.82, 2.24) is 19.5 Å². The Kier molecular flexibility index (Phi) is 10.4. The Morgan fingerprint density at radius 1 is 1.17 bits per heavy atom. The molecule has 2 aromatic carbocycles. The number of sulfonamides is 1. The minimum atomic E-state index is -4.71. The van der Waals surface area contributed by atoms with Gasteiger partial charge in [0, 0.05) is 12.5 Å². The molecule has 0 bridgehead atoms. The molecule has 2 unspecified atom stereocenters. The van der Waals surface area contributed by atoms with E-state index in [1.807, 2.05) is 11.6 Å². The number of aryl methyl sites for hydroxylation is 1. The summed E-state index contributed by atoms with van der Waals surface area (Å²) in [5.74, 6) is -1.78. The van der Waals surface area contributed by atoms with Crippen LogP contribution in [0.2, 0.25) is 0 Å². The number of benzene rings is 2. The van der Waals surface area contributed by atoms with Crippen molar-refractivity contribution in [2.75, 3.05) is 19.7 Å². The van der Waals surface area contributed by atoms with Crippen LogP contribution >= 0.6 is 0 Å². The van der Waals surface area contributed by atoms with Crippen LogP contribution in [-0.4, -0.2) is 66.2 Å². The number of hydrogen-bond acceptors (Lipinski definition) is 10. The zero-order valence-electron chi connectivity index (χ0n) is 24.9. The lowest BCUT2D eigenvalue weighted by atomic mass is 9.99. The van der Waals surface area contributed by atoms with Gasteiger partial charge < -0.3 is 14.7 Å². The van der Waals surface area contributed by atoms with E-state index in [0.29, 0.717) is 12.0 Å². The highest BCUT2D eigenvalue weighted by molar-refractivity contribution is 7.90. The minimum absolute atomic E-state index is 0.0708. The van der Waals surface area contributed by atoms with Crippen molar-refractivity contribution in [3.8, 4) is 16.9 Å². The summed E-state index contributed by atoms with van der Waals surface area (Å²) < 4.78 is 79.0.